The molecule has 0 fully saturated rings. The van der Waals surface area contributed by atoms with Crippen LogP contribution in [0.2, 0.25) is 0 Å². The summed E-state index contributed by atoms with van der Waals surface area (Å²) in [5, 5.41) is 5.41. The molecule has 1 atom stereocenters. The highest BCUT2D eigenvalue weighted by Gasteiger charge is 2.31. The second kappa shape index (κ2) is 9.42. The molecular formula is C20H23F3N3O3+. The molecule has 0 aromatic heterocycles. The molecule has 0 bridgehead atoms. The van der Waals surface area contributed by atoms with Crippen LogP contribution in [0.4, 0.5) is 24.5 Å². The minimum atomic E-state index is -4.77. The molecule has 0 radical (unpaired) electrons. The summed E-state index contributed by atoms with van der Waals surface area (Å²) in [6, 6.07) is 10.5. The minimum absolute atomic E-state index is 0.0149. The highest BCUT2D eigenvalue weighted by Crippen LogP contribution is 2.23. The Morgan fingerprint density at radius 1 is 0.966 bits per heavy atom. The smallest absolute Gasteiger partial charge is 0.406 e. The van der Waals surface area contributed by atoms with Crippen molar-refractivity contribution in [1.82, 2.24) is 0 Å². The van der Waals surface area contributed by atoms with Crippen molar-refractivity contribution in [3.05, 3.63) is 53.6 Å². The summed E-state index contributed by atoms with van der Waals surface area (Å²) in [4.78, 5) is 25.0. The molecule has 1 unspecified atom stereocenters. The van der Waals surface area contributed by atoms with Crippen molar-refractivity contribution in [2.45, 2.75) is 20.2 Å². The lowest BCUT2D eigenvalue weighted by molar-refractivity contribution is -0.862. The van der Waals surface area contributed by atoms with Crippen LogP contribution in [-0.2, 0) is 9.59 Å². The molecule has 9 heteroatoms. The molecule has 0 spiro atoms. The summed E-state index contributed by atoms with van der Waals surface area (Å²) >= 11 is 0. The molecule has 2 amide bonds. The molecule has 2 aromatic rings. The maximum Gasteiger partial charge on any atom is 0.573 e. The fourth-order valence-corrected chi connectivity index (χ4v) is 2.64. The maximum absolute atomic E-state index is 12.2. The van der Waals surface area contributed by atoms with Gasteiger partial charge in [-0.15, -0.1) is 13.2 Å². The fourth-order valence-electron chi connectivity index (χ4n) is 2.64. The van der Waals surface area contributed by atoms with E-state index in [1.165, 1.54) is 12.1 Å². The number of aryl methyl sites for hydroxylation is 1. The first kappa shape index (κ1) is 22.2. The molecule has 156 valence electrons. The fraction of sp³-hybridized carbons (Fsp3) is 0.300. The van der Waals surface area contributed by atoms with Crippen molar-refractivity contribution in [1.29, 1.82) is 0 Å². The maximum atomic E-state index is 12.2. The SMILES string of the molecule is Cc1cccc(NC(=O)C[NH+](C)CC(=O)Nc2ccc(OC(F)(F)F)cc2)c1C. The van der Waals surface area contributed by atoms with Gasteiger partial charge in [-0.1, -0.05) is 12.1 Å². The molecule has 29 heavy (non-hydrogen) atoms. The molecule has 6 nitrogen and oxygen atoms in total. The number of hydrogen-bond acceptors (Lipinski definition) is 3. The van der Waals surface area contributed by atoms with Crippen molar-refractivity contribution < 1.29 is 32.4 Å². The molecule has 0 heterocycles. The molecule has 2 rings (SSSR count). The predicted octanol–water partition coefficient (Wildman–Crippen LogP) is 2.29. The summed E-state index contributed by atoms with van der Waals surface area (Å²) < 4.78 is 40.2. The Kier molecular flexibility index (Phi) is 7.22. The Labute approximate surface area is 166 Å². The molecule has 0 aliphatic rings. The molecule has 0 aliphatic carbocycles. The summed E-state index contributed by atoms with van der Waals surface area (Å²) in [6.07, 6.45) is -4.77. The number of rotatable bonds is 7. The van der Waals surface area contributed by atoms with E-state index >= 15 is 0 Å². The summed E-state index contributed by atoms with van der Waals surface area (Å²) in [7, 11) is 1.70. The van der Waals surface area contributed by atoms with Gasteiger partial charge in [0.2, 0.25) is 0 Å². The number of quaternary nitrogens is 1. The van der Waals surface area contributed by atoms with Gasteiger partial charge in [0.25, 0.3) is 11.8 Å². The standard InChI is InChI=1S/C20H22F3N3O3/c1-13-5-4-6-17(14(13)2)25-19(28)12-26(3)11-18(27)24-15-7-9-16(10-8-15)29-20(21,22)23/h4-10H,11-12H2,1-3H3,(H,24,27)(H,25,28)/p+1. The van der Waals surface area contributed by atoms with Crippen molar-refractivity contribution >= 4 is 23.2 Å². The van der Waals surface area contributed by atoms with Crippen LogP contribution in [0.1, 0.15) is 11.1 Å². The van der Waals surface area contributed by atoms with Crippen molar-refractivity contribution in [3.8, 4) is 5.75 Å². The number of carbonyl (C=O) groups excluding carboxylic acids is 2. The van der Waals surface area contributed by atoms with Gasteiger partial charge in [-0.05, 0) is 55.3 Å². The number of hydrogen-bond donors (Lipinski definition) is 3. The lowest BCUT2D eigenvalue weighted by Crippen LogP contribution is -3.11. The van der Waals surface area contributed by atoms with Crippen LogP contribution in [0, 0.1) is 13.8 Å². The first-order valence-electron chi connectivity index (χ1n) is 8.86. The van der Waals surface area contributed by atoms with Crippen LogP contribution >= 0.6 is 0 Å². The van der Waals surface area contributed by atoms with E-state index in [1.54, 1.807) is 7.05 Å². The lowest BCUT2D eigenvalue weighted by Gasteiger charge is -2.15. The van der Waals surface area contributed by atoms with Gasteiger partial charge in [0.1, 0.15) is 5.75 Å². The number of benzene rings is 2. The Balaban J connectivity index is 1.82. The van der Waals surface area contributed by atoms with E-state index in [9.17, 15) is 22.8 Å². The summed E-state index contributed by atoms with van der Waals surface area (Å²) in [6.45, 7) is 3.97. The number of carbonyl (C=O) groups is 2. The largest absolute Gasteiger partial charge is 0.573 e. The van der Waals surface area contributed by atoms with E-state index in [-0.39, 0.29) is 30.7 Å². The van der Waals surface area contributed by atoms with Gasteiger partial charge in [-0.25, -0.2) is 0 Å². The molecule has 2 aromatic carbocycles. The van der Waals surface area contributed by atoms with Crippen LogP contribution in [0.3, 0.4) is 0 Å². The van der Waals surface area contributed by atoms with Crippen LogP contribution in [0.25, 0.3) is 0 Å². The molecule has 0 saturated carbocycles. The first-order valence-corrected chi connectivity index (χ1v) is 8.86. The highest BCUT2D eigenvalue weighted by molar-refractivity contribution is 5.93. The number of alkyl halides is 3. The molecular weight excluding hydrogens is 387 g/mol. The average Bonchev–Trinajstić information content (AvgIpc) is 2.59. The second-order valence-corrected chi connectivity index (χ2v) is 6.73. The van der Waals surface area contributed by atoms with Crippen LogP contribution < -0.4 is 20.3 Å². The van der Waals surface area contributed by atoms with E-state index < -0.39 is 6.36 Å². The quantitative estimate of drug-likeness (QED) is 0.656. The van der Waals surface area contributed by atoms with Gasteiger partial charge in [-0.3, -0.25) is 9.59 Å². The Morgan fingerprint density at radius 3 is 2.14 bits per heavy atom. The zero-order valence-corrected chi connectivity index (χ0v) is 16.3. The summed E-state index contributed by atoms with van der Waals surface area (Å²) in [5.41, 5.74) is 3.11. The first-order chi connectivity index (χ1) is 13.5. The number of halogens is 3. The Hall–Kier alpha value is -3.07. The van der Waals surface area contributed by atoms with E-state index in [2.05, 4.69) is 15.4 Å². The van der Waals surface area contributed by atoms with Crippen molar-refractivity contribution in [3.63, 3.8) is 0 Å². The molecule has 0 aliphatic heterocycles. The Morgan fingerprint density at radius 2 is 1.55 bits per heavy atom. The zero-order chi connectivity index (χ0) is 21.6. The van der Waals surface area contributed by atoms with Gasteiger partial charge < -0.3 is 20.3 Å². The third-order valence-corrected chi connectivity index (χ3v) is 4.18. The lowest BCUT2D eigenvalue weighted by atomic mass is 10.1. The van der Waals surface area contributed by atoms with E-state index in [0.29, 0.717) is 10.6 Å². The molecule has 3 N–H and O–H groups in total. The highest BCUT2D eigenvalue weighted by atomic mass is 19.4. The topological polar surface area (TPSA) is 71.9 Å². The number of nitrogens with one attached hydrogen (secondary N) is 3. The van der Waals surface area contributed by atoms with Crippen LogP contribution in [0.15, 0.2) is 42.5 Å². The van der Waals surface area contributed by atoms with Gasteiger partial charge in [-0.2, -0.15) is 0 Å². The minimum Gasteiger partial charge on any atom is -0.406 e. The number of amides is 2. The van der Waals surface area contributed by atoms with Gasteiger partial charge >= 0.3 is 6.36 Å². The molecule has 0 saturated heterocycles. The third kappa shape index (κ3) is 7.46. The van der Waals surface area contributed by atoms with E-state index in [1.807, 2.05) is 32.0 Å². The van der Waals surface area contributed by atoms with E-state index in [0.717, 1.165) is 28.9 Å². The van der Waals surface area contributed by atoms with Crippen LogP contribution in [0.5, 0.6) is 5.75 Å². The van der Waals surface area contributed by atoms with Gasteiger partial charge in [0.15, 0.2) is 13.1 Å². The second-order valence-electron chi connectivity index (χ2n) is 6.73. The monoisotopic (exact) mass is 410 g/mol. The summed E-state index contributed by atoms with van der Waals surface area (Å²) in [5.74, 6) is -0.967. The number of anilines is 2. The Bertz CT molecular complexity index is 868. The van der Waals surface area contributed by atoms with Crippen molar-refractivity contribution in [2.24, 2.45) is 0 Å². The normalized spacial score (nSPS) is 12.2. The third-order valence-electron chi connectivity index (χ3n) is 4.18. The van der Waals surface area contributed by atoms with Gasteiger partial charge in [0.05, 0.1) is 7.05 Å². The van der Waals surface area contributed by atoms with Crippen LogP contribution in [-0.4, -0.2) is 38.3 Å². The van der Waals surface area contributed by atoms with Gasteiger partial charge in [0, 0.05) is 11.4 Å². The van der Waals surface area contributed by atoms with E-state index in [4.69, 9.17) is 0 Å². The number of ether oxygens (including phenoxy) is 1. The zero-order valence-electron chi connectivity index (χ0n) is 16.3. The number of likely N-dealkylation sites (N-methyl/N-ethyl adjacent to an activating group) is 1. The van der Waals surface area contributed by atoms with Crippen molar-refractivity contribution in [2.75, 3.05) is 30.8 Å². The average molecular weight is 410 g/mol. The predicted molar refractivity (Wildman–Crippen MR) is 103 cm³/mol.